The molecule has 2 aromatic rings. The van der Waals surface area contributed by atoms with Gasteiger partial charge in [-0.1, -0.05) is 0 Å². The number of hydrogen-bond donors (Lipinski definition) is 0. The van der Waals surface area contributed by atoms with Gasteiger partial charge in [0.15, 0.2) is 0 Å². The van der Waals surface area contributed by atoms with Crippen molar-refractivity contribution in [3.8, 4) is 0 Å². The molecule has 0 aliphatic rings. The van der Waals surface area contributed by atoms with Crippen molar-refractivity contribution in [2.45, 2.75) is 24.6 Å². The minimum atomic E-state index is 0.301. The van der Waals surface area contributed by atoms with Crippen LogP contribution in [0.5, 0.6) is 0 Å². The van der Waals surface area contributed by atoms with E-state index in [2.05, 4.69) is 74.5 Å². The summed E-state index contributed by atoms with van der Waals surface area (Å²) in [6.07, 6.45) is 1.19. The molecule has 2 aromatic carbocycles. The van der Waals surface area contributed by atoms with Crippen molar-refractivity contribution in [3.63, 3.8) is 0 Å². The van der Waals surface area contributed by atoms with Crippen molar-refractivity contribution >= 4 is 19.4 Å². The molecule has 0 fully saturated rings. The van der Waals surface area contributed by atoms with Gasteiger partial charge in [0, 0.05) is 0 Å². The third-order valence-electron chi connectivity index (χ3n) is 3.15. The maximum atomic E-state index is 2.38. The summed E-state index contributed by atoms with van der Waals surface area (Å²) in [6.45, 7) is 4.67. The van der Waals surface area contributed by atoms with Gasteiger partial charge in [-0.3, -0.25) is 0 Å². The van der Waals surface area contributed by atoms with E-state index in [1.165, 1.54) is 16.4 Å². The summed E-state index contributed by atoms with van der Waals surface area (Å²) in [5.41, 5.74) is 1.46. The molecular formula is C16H18Se. The molecule has 1 heteroatoms. The zero-order valence-corrected chi connectivity index (χ0v) is 12.1. The Morgan fingerprint density at radius 1 is 0.882 bits per heavy atom. The fourth-order valence-corrected chi connectivity index (χ4v) is 4.42. The minimum absolute atomic E-state index is 0.301. The van der Waals surface area contributed by atoms with Gasteiger partial charge in [-0.25, -0.2) is 0 Å². The van der Waals surface area contributed by atoms with Crippen LogP contribution in [-0.4, -0.2) is 15.0 Å². The van der Waals surface area contributed by atoms with Gasteiger partial charge in [-0.15, -0.1) is 0 Å². The number of benzene rings is 2. The van der Waals surface area contributed by atoms with Crippen molar-refractivity contribution in [2.75, 3.05) is 0 Å². The quantitative estimate of drug-likeness (QED) is 0.757. The summed E-state index contributed by atoms with van der Waals surface area (Å²) < 4.78 is 1.78. The van der Waals surface area contributed by atoms with Crippen LogP contribution in [0.1, 0.15) is 25.8 Å². The molecular weight excluding hydrogens is 271 g/mol. The van der Waals surface area contributed by atoms with E-state index in [-0.39, 0.29) is 0 Å². The SMILES string of the molecule is CCC(C)([Se]c1ccccc1)c1ccccc1. The first-order valence-electron chi connectivity index (χ1n) is 6.04. The molecule has 0 aliphatic heterocycles. The van der Waals surface area contributed by atoms with Crippen molar-refractivity contribution in [3.05, 3.63) is 66.2 Å². The average Bonchev–Trinajstić information content (AvgIpc) is 2.41. The molecule has 0 aliphatic carbocycles. The topological polar surface area (TPSA) is 0 Å². The first-order chi connectivity index (χ1) is 8.24. The summed E-state index contributed by atoms with van der Waals surface area (Å²) in [5, 5.41) is 0. The van der Waals surface area contributed by atoms with Gasteiger partial charge in [-0.2, -0.15) is 0 Å². The molecule has 0 saturated carbocycles. The monoisotopic (exact) mass is 290 g/mol. The van der Waals surface area contributed by atoms with Crippen LogP contribution < -0.4 is 4.46 Å². The Labute approximate surface area is 110 Å². The molecule has 0 radical (unpaired) electrons. The summed E-state index contributed by atoms with van der Waals surface area (Å²) in [6, 6.07) is 21.8. The Bertz CT molecular complexity index is 449. The van der Waals surface area contributed by atoms with Gasteiger partial charge in [0.1, 0.15) is 0 Å². The standard InChI is InChI=1S/C16H18Se/c1-3-16(2,14-10-6-4-7-11-14)17-15-12-8-5-9-13-15/h4-13H,3H2,1-2H3. The second-order valence-electron chi connectivity index (χ2n) is 4.37. The normalized spacial score (nSPS) is 14.2. The van der Waals surface area contributed by atoms with Crippen molar-refractivity contribution < 1.29 is 0 Å². The molecule has 0 nitrogen and oxygen atoms in total. The average molecular weight is 289 g/mol. The molecule has 0 bridgehead atoms. The molecule has 1 unspecified atom stereocenters. The van der Waals surface area contributed by atoms with Gasteiger partial charge < -0.3 is 0 Å². The van der Waals surface area contributed by atoms with Crippen molar-refractivity contribution in [2.24, 2.45) is 0 Å². The van der Waals surface area contributed by atoms with Crippen LogP contribution in [0.2, 0.25) is 0 Å². The van der Waals surface area contributed by atoms with Crippen LogP contribution in [0.25, 0.3) is 0 Å². The van der Waals surface area contributed by atoms with E-state index >= 15 is 0 Å². The molecule has 1 atom stereocenters. The van der Waals surface area contributed by atoms with Crippen LogP contribution in [0.15, 0.2) is 60.7 Å². The van der Waals surface area contributed by atoms with Crippen LogP contribution in [0, 0.1) is 0 Å². The van der Waals surface area contributed by atoms with Crippen LogP contribution in [0.3, 0.4) is 0 Å². The van der Waals surface area contributed by atoms with E-state index in [0.717, 1.165) is 0 Å². The van der Waals surface area contributed by atoms with E-state index in [9.17, 15) is 0 Å². The van der Waals surface area contributed by atoms with E-state index in [0.29, 0.717) is 19.3 Å². The molecule has 0 aromatic heterocycles. The Morgan fingerprint density at radius 3 is 1.94 bits per heavy atom. The molecule has 0 N–H and O–H groups in total. The predicted molar refractivity (Wildman–Crippen MR) is 75.9 cm³/mol. The van der Waals surface area contributed by atoms with E-state index in [1.54, 1.807) is 0 Å². The van der Waals surface area contributed by atoms with Crippen LogP contribution >= 0.6 is 0 Å². The zero-order valence-electron chi connectivity index (χ0n) is 10.4. The van der Waals surface area contributed by atoms with E-state index in [4.69, 9.17) is 0 Å². The molecule has 2 rings (SSSR count). The first kappa shape index (κ1) is 12.4. The summed E-state index contributed by atoms with van der Waals surface area (Å²) in [4.78, 5) is 0. The van der Waals surface area contributed by atoms with Crippen LogP contribution in [0.4, 0.5) is 0 Å². The molecule has 0 spiro atoms. The molecule has 0 amide bonds. The zero-order chi connectivity index (χ0) is 12.1. The van der Waals surface area contributed by atoms with E-state index < -0.39 is 0 Å². The van der Waals surface area contributed by atoms with Gasteiger partial charge in [0.05, 0.1) is 0 Å². The number of rotatable bonds is 4. The Balaban J connectivity index is 2.27. The second-order valence-corrected chi connectivity index (χ2v) is 7.67. The molecule has 0 heterocycles. The van der Waals surface area contributed by atoms with Gasteiger partial charge in [0.25, 0.3) is 0 Å². The maximum absolute atomic E-state index is 2.38. The predicted octanol–water partition coefficient (Wildman–Crippen LogP) is 3.34. The number of hydrogen-bond acceptors (Lipinski definition) is 0. The van der Waals surface area contributed by atoms with E-state index in [1.807, 2.05) is 0 Å². The Morgan fingerprint density at radius 2 is 1.41 bits per heavy atom. The van der Waals surface area contributed by atoms with Gasteiger partial charge >= 0.3 is 110 Å². The third-order valence-corrected chi connectivity index (χ3v) is 6.26. The van der Waals surface area contributed by atoms with Gasteiger partial charge in [0.2, 0.25) is 0 Å². The van der Waals surface area contributed by atoms with Gasteiger partial charge in [-0.05, 0) is 0 Å². The van der Waals surface area contributed by atoms with Crippen molar-refractivity contribution in [1.29, 1.82) is 0 Å². The Kier molecular flexibility index (Phi) is 4.04. The fourth-order valence-electron chi connectivity index (χ4n) is 1.87. The fraction of sp³-hybridized carbons (Fsp3) is 0.250. The second kappa shape index (κ2) is 5.53. The molecule has 0 saturated heterocycles. The molecule has 88 valence electrons. The van der Waals surface area contributed by atoms with Crippen LogP contribution in [-0.2, 0) is 4.31 Å². The first-order valence-corrected chi connectivity index (χ1v) is 7.75. The molecule has 17 heavy (non-hydrogen) atoms. The summed E-state index contributed by atoms with van der Waals surface area (Å²) >= 11 is 0.477. The third kappa shape index (κ3) is 3.00. The Hall–Kier alpha value is -1.04. The summed E-state index contributed by atoms with van der Waals surface area (Å²) in [7, 11) is 0. The van der Waals surface area contributed by atoms with Crippen molar-refractivity contribution in [1.82, 2.24) is 0 Å². The summed E-state index contributed by atoms with van der Waals surface area (Å²) in [5.74, 6) is 0.